The van der Waals surface area contributed by atoms with Crippen molar-refractivity contribution >= 4 is 17.7 Å². The van der Waals surface area contributed by atoms with Crippen LogP contribution in [0.5, 0.6) is 0 Å². The lowest BCUT2D eigenvalue weighted by molar-refractivity contribution is -0.214. The third kappa shape index (κ3) is 6.71. The largest absolute Gasteiger partial charge is 0.481 e. The van der Waals surface area contributed by atoms with Gasteiger partial charge in [-0.2, -0.15) is 0 Å². The zero-order chi connectivity index (χ0) is 37.9. The van der Waals surface area contributed by atoms with E-state index in [1.807, 2.05) is 12.4 Å². The van der Waals surface area contributed by atoms with Crippen LogP contribution >= 0.6 is 0 Å². The fourth-order valence-corrected chi connectivity index (χ4v) is 13.1. The van der Waals surface area contributed by atoms with Crippen LogP contribution in [0.25, 0.3) is 0 Å². The van der Waals surface area contributed by atoms with Gasteiger partial charge in [-0.15, -0.1) is 0 Å². The lowest BCUT2D eigenvalue weighted by atomic mass is 9.36. The molecule has 5 aliphatic rings. The second kappa shape index (κ2) is 14.2. The van der Waals surface area contributed by atoms with Gasteiger partial charge in [0.05, 0.1) is 11.8 Å². The Kier molecular flexibility index (Phi) is 10.7. The van der Waals surface area contributed by atoms with Crippen LogP contribution < -0.4 is 5.73 Å². The van der Waals surface area contributed by atoms with Crippen molar-refractivity contribution in [3.8, 4) is 0 Å². The Bertz CT molecular complexity index is 1550. The highest BCUT2D eigenvalue weighted by Crippen LogP contribution is 2.73. The molecule has 3 N–H and O–H groups in total. The number of carboxylic acid groups (broad SMARTS) is 1. The number of fused-ring (bicyclic) bond motifs is 7. The third-order valence-electron chi connectivity index (χ3n) is 15.6. The molecule has 5 aliphatic carbocycles. The molecule has 0 radical (unpaired) electrons. The smallest absolute Gasteiger partial charge is 0.309 e. The van der Waals surface area contributed by atoms with Crippen LogP contribution in [0.1, 0.15) is 132 Å². The Morgan fingerprint density at radius 2 is 1.67 bits per heavy atom. The molecule has 1 aromatic rings. The highest BCUT2D eigenvalue weighted by atomic mass is 16.5. The van der Waals surface area contributed by atoms with Gasteiger partial charge in [0.1, 0.15) is 6.10 Å². The summed E-state index contributed by atoms with van der Waals surface area (Å²) in [6.07, 6.45) is 13.8. The molecule has 8 nitrogen and oxygen atoms in total. The molecule has 6 rings (SSSR count). The van der Waals surface area contributed by atoms with Crippen LogP contribution in [-0.4, -0.2) is 58.5 Å². The second-order valence-corrected chi connectivity index (χ2v) is 19.7. The van der Waals surface area contributed by atoms with Crippen molar-refractivity contribution in [3.05, 3.63) is 41.2 Å². The zero-order valence-corrected chi connectivity index (χ0v) is 33.4. The normalized spacial score (nSPS) is 35.5. The van der Waals surface area contributed by atoms with Gasteiger partial charge in [-0.1, -0.05) is 47.1 Å². The molecule has 0 amide bonds. The van der Waals surface area contributed by atoms with Crippen molar-refractivity contribution in [1.82, 2.24) is 9.88 Å². The molecule has 8 unspecified atom stereocenters. The van der Waals surface area contributed by atoms with E-state index >= 15 is 0 Å². The number of ether oxygens (including phenoxy) is 1. The molecular formula is C44H67N3O5. The maximum absolute atomic E-state index is 14.0. The molecule has 0 aliphatic heterocycles. The maximum Gasteiger partial charge on any atom is 0.309 e. The number of allylic oxidation sites excluding steroid dienone is 2. The monoisotopic (exact) mass is 718 g/mol. The minimum Gasteiger partial charge on any atom is -0.481 e. The summed E-state index contributed by atoms with van der Waals surface area (Å²) in [6, 6.07) is 4.18. The number of carboxylic acids is 1. The molecular weight excluding hydrogens is 651 g/mol. The molecule has 1 aromatic heterocycles. The summed E-state index contributed by atoms with van der Waals surface area (Å²) in [5.41, 5.74) is 9.01. The number of nitrogens with zero attached hydrogens (tertiary/aromatic N) is 2. The van der Waals surface area contributed by atoms with E-state index in [1.165, 1.54) is 18.4 Å². The van der Waals surface area contributed by atoms with Gasteiger partial charge in [0.2, 0.25) is 0 Å². The highest BCUT2D eigenvalue weighted by Gasteiger charge is 2.66. The lowest BCUT2D eigenvalue weighted by Gasteiger charge is -2.69. The summed E-state index contributed by atoms with van der Waals surface area (Å²) < 4.78 is 6.17. The number of Topliss-reactive ketones (excluding diaryl/α,β-unsaturated/α-hetero) is 1. The number of esters is 1. The van der Waals surface area contributed by atoms with E-state index in [0.717, 1.165) is 70.2 Å². The summed E-state index contributed by atoms with van der Waals surface area (Å²) in [5, 5.41) is 9.61. The number of hydrogen-bond donors (Lipinski definition) is 2. The number of hydrogen-bond acceptors (Lipinski definition) is 7. The molecule has 4 fully saturated rings. The summed E-state index contributed by atoms with van der Waals surface area (Å²) in [4.78, 5) is 45.5. The van der Waals surface area contributed by atoms with E-state index in [2.05, 4.69) is 63.6 Å². The average Bonchev–Trinajstić information content (AvgIpc) is 3.37. The van der Waals surface area contributed by atoms with Crippen LogP contribution in [-0.2, 0) is 25.7 Å². The maximum atomic E-state index is 14.0. The van der Waals surface area contributed by atoms with Crippen LogP contribution in [0.3, 0.4) is 0 Å². The van der Waals surface area contributed by atoms with Crippen molar-refractivity contribution in [2.75, 3.05) is 19.6 Å². The highest BCUT2D eigenvalue weighted by molar-refractivity contribution is 6.00. The standard InChI is InChI=1S/C44H67N3O5/c1-28(2)37-32(48)25-44(19-23-47(24-20-45)27-29-14-21-46-22-15-29)18-11-31-30(38(37)44)9-10-34-42(31,7)16-12-33-41(5,6)35(13-17-43(33,34)8)52-36(49)26-40(3,4)39(50)51/h14-15,21-22,28,30-31,33-35H,9-13,16-20,23-27,45H2,1-8H3,(H,50,51). The molecule has 52 heavy (non-hydrogen) atoms. The van der Waals surface area contributed by atoms with Gasteiger partial charge in [-0.25, -0.2) is 0 Å². The number of pyridine rings is 1. The third-order valence-corrected chi connectivity index (χ3v) is 15.6. The first-order valence-corrected chi connectivity index (χ1v) is 20.4. The molecule has 0 bridgehead atoms. The number of ketones is 1. The Labute approximate surface area is 313 Å². The number of aliphatic carboxylic acids is 1. The molecule has 8 atom stereocenters. The number of aromatic nitrogens is 1. The van der Waals surface area contributed by atoms with Crippen molar-refractivity contribution in [3.63, 3.8) is 0 Å². The molecule has 288 valence electrons. The van der Waals surface area contributed by atoms with Crippen molar-refractivity contribution in [1.29, 1.82) is 0 Å². The molecule has 1 heterocycles. The zero-order valence-electron chi connectivity index (χ0n) is 33.4. The first kappa shape index (κ1) is 39.1. The number of rotatable bonds is 12. The first-order valence-electron chi connectivity index (χ1n) is 20.4. The predicted octanol–water partition coefficient (Wildman–Crippen LogP) is 8.24. The van der Waals surface area contributed by atoms with Crippen LogP contribution in [0, 0.1) is 56.7 Å². The summed E-state index contributed by atoms with van der Waals surface area (Å²) in [6.45, 7) is 20.7. The van der Waals surface area contributed by atoms with Crippen molar-refractivity contribution in [2.45, 2.75) is 139 Å². The average molecular weight is 718 g/mol. The fourth-order valence-electron chi connectivity index (χ4n) is 13.1. The van der Waals surface area contributed by atoms with Gasteiger partial charge in [-0.3, -0.25) is 24.3 Å². The van der Waals surface area contributed by atoms with E-state index in [0.29, 0.717) is 42.4 Å². The van der Waals surface area contributed by atoms with Gasteiger partial charge in [0.15, 0.2) is 5.78 Å². The SMILES string of the molecule is CC(C)C1=C2C3CCC4C(C)(CCC5C(C)(C)C(OC(=O)CC(C)(C)C(=O)O)CCC54C)C3CCC2(CCN(CCN)Cc2ccncc2)CC1=O. The van der Waals surface area contributed by atoms with Crippen LogP contribution in [0.2, 0.25) is 0 Å². The summed E-state index contributed by atoms with van der Waals surface area (Å²) in [7, 11) is 0. The Morgan fingerprint density at radius 3 is 2.33 bits per heavy atom. The van der Waals surface area contributed by atoms with E-state index in [1.54, 1.807) is 19.4 Å². The number of carbonyl (C=O) groups excluding carboxylic acids is 2. The minimum absolute atomic E-state index is 0.0492. The lowest BCUT2D eigenvalue weighted by Crippen LogP contribution is -2.63. The predicted molar refractivity (Wildman–Crippen MR) is 204 cm³/mol. The molecule has 0 aromatic carbocycles. The molecule has 8 heteroatoms. The van der Waals surface area contributed by atoms with Gasteiger partial charge in [-0.05, 0) is 142 Å². The second-order valence-electron chi connectivity index (χ2n) is 19.7. The number of nitrogens with two attached hydrogens (primary N) is 1. The molecule has 4 saturated carbocycles. The van der Waals surface area contributed by atoms with E-state index in [4.69, 9.17) is 10.5 Å². The Balaban J connectivity index is 1.23. The summed E-state index contributed by atoms with van der Waals surface area (Å²) >= 11 is 0. The van der Waals surface area contributed by atoms with Gasteiger partial charge in [0.25, 0.3) is 0 Å². The van der Waals surface area contributed by atoms with Gasteiger partial charge < -0.3 is 15.6 Å². The van der Waals surface area contributed by atoms with E-state index in [-0.39, 0.29) is 40.1 Å². The minimum atomic E-state index is -1.15. The van der Waals surface area contributed by atoms with Gasteiger partial charge in [0, 0.05) is 49.3 Å². The number of carbonyl (C=O) groups is 3. The van der Waals surface area contributed by atoms with Crippen LogP contribution in [0.4, 0.5) is 0 Å². The summed E-state index contributed by atoms with van der Waals surface area (Å²) in [5.74, 6) is 1.29. The fraction of sp³-hybridized carbons (Fsp3) is 0.773. The Hall–Kier alpha value is -2.58. The first-order chi connectivity index (χ1) is 24.4. The van der Waals surface area contributed by atoms with E-state index < -0.39 is 17.4 Å². The Morgan fingerprint density at radius 1 is 0.981 bits per heavy atom. The topological polar surface area (TPSA) is 123 Å². The van der Waals surface area contributed by atoms with Crippen molar-refractivity contribution in [2.24, 2.45) is 62.4 Å². The quantitative estimate of drug-likeness (QED) is 0.207. The van der Waals surface area contributed by atoms with Crippen LogP contribution in [0.15, 0.2) is 35.7 Å². The molecule has 0 spiro atoms. The van der Waals surface area contributed by atoms with Gasteiger partial charge >= 0.3 is 11.9 Å². The van der Waals surface area contributed by atoms with Crippen molar-refractivity contribution < 1.29 is 24.2 Å². The van der Waals surface area contributed by atoms with E-state index in [9.17, 15) is 19.5 Å². The molecule has 0 saturated heterocycles.